The van der Waals surface area contributed by atoms with Gasteiger partial charge < -0.3 is 14.6 Å². The number of aliphatic hydroxyl groups excluding tert-OH is 1. The van der Waals surface area contributed by atoms with Crippen molar-refractivity contribution in [1.82, 2.24) is 0 Å². The van der Waals surface area contributed by atoms with Crippen LogP contribution in [0, 0.1) is 10.1 Å². The van der Waals surface area contributed by atoms with Gasteiger partial charge in [-0.2, -0.15) is 0 Å². The van der Waals surface area contributed by atoms with Crippen molar-refractivity contribution in [2.75, 3.05) is 13.7 Å². The van der Waals surface area contributed by atoms with E-state index in [4.69, 9.17) is 14.6 Å². The first kappa shape index (κ1) is 13.4. The van der Waals surface area contributed by atoms with Crippen LogP contribution < -0.4 is 4.74 Å². The molecule has 1 aromatic rings. The summed E-state index contributed by atoms with van der Waals surface area (Å²) in [6, 6.07) is 4.62. The van der Waals surface area contributed by atoms with Gasteiger partial charge >= 0.3 is 5.69 Å². The molecular formula is C11H15NO5. The quantitative estimate of drug-likeness (QED) is 0.603. The molecule has 0 amide bonds. The third-order valence-corrected chi connectivity index (χ3v) is 2.07. The van der Waals surface area contributed by atoms with Gasteiger partial charge in [-0.15, -0.1) is 0 Å². The number of methoxy groups -OCH3 is 1. The largest absolute Gasteiger partial charge is 0.490 e. The number of ether oxygens (including phenoxy) is 2. The second kappa shape index (κ2) is 6.17. The van der Waals surface area contributed by atoms with Crippen LogP contribution in [0.3, 0.4) is 0 Å². The molecule has 94 valence electrons. The number of nitro groups is 1. The number of rotatable bonds is 6. The Labute approximate surface area is 98.9 Å². The van der Waals surface area contributed by atoms with E-state index in [9.17, 15) is 10.1 Å². The van der Waals surface area contributed by atoms with E-state index in [0.29, 0.717) is 5.56 Å². The summed E-state index contributed by atoms with van der Waals surface area (Å²) in [6.45, 7) is 2.02. The first-order valence-electron chi connectivity index (χ1n) is 5.11. The molecule has 0 aliphatic heterocycles. The van der Waals surface area contributed by atoms with Gasteiger partial charge in [-0.25, -0.2) is 0 Å². The maximum atomic E-state index is 10.8. The predicted molar refractivity (Wildman–Crippen MR) is 61.0 cm³/mol. The van der Waals surface area contributed by atoms with Crippen LogP contribution in [0.5, 0.6) is 5.75 Å². The maximum absolute atomic E-state index is 10.8. The summed E-state index contributed by atoms with van der Waals surface area (Å²) in [6.07, 6.45) is -0.553. The van der Waals surface area contributed by atoms with Crippen molar-refractivity contribution in [3.8, 4) is 5.75 Å². The van der Waals surface area contributed by atoms with Gasteiger partial charge in [-0.05, 0) is 18.6 Å². The fourth-order valence-corrected chi connectivity index (χ4v) is 1.32. The highest BCUT2D eigenvalue weighted by atomic mass is 16.6. The Balaban J connectivity index is 2.74. The lowest BCUT2D eigenvalue weighted by atomic mass is 10.2. The Bertz CT molecular complexity index is 391. The molecule has 6 nitrogen and oxygen atoms in total. The van der Waals surface area contributed by atoms with E-state index in [1.165, 1.54) is 19.2 Å². The van der Waals surface area contributed by atoms with Crippen LogP contribution in [0.4, 0.5) is 5.69 Å². The summed E-state index contributed by atoms with van der Waals surface area (Å²) in [5.41, 5.74) is 0.573. The Morgan fingerprint density at radius 1 is 1.53 bits per heavy atom. The minimum absolute atomic E-state index is 0.0920. The fraction of sp³-hybridized carbons (Fsp3) is 0.455. The second-order valence-electron chi connectivity index (χ2n) is 3.63. The fourth-order valence-electron chi connectivity index (χ4n) is 1.32. The van der Waals surface area contributed by atoms with E-state index in [2.05, 4.69) is 0 Å². The number of nitrogens with zero attached hydrogens (tertiary/aromatic N) is 1. The van der Waals surface area contributed by atoms with Crippen molar-refractivity contribution in [2.45, 2.75) is 19.6 Å². The third kappa shape index (κ3) is 4.01. The number of hydrogen-bond donors (Lipinski definition) is 1. The first-order valence-corrected chi connectivity index (χ1v) is 5.11. The van der Waals surface area contributed by atoms with Gasteiger partial charge in [-0.3, -0.25) is 10.1 Å². The lowest BCUT2D eigenvalue weighted by Crippen LogP contribution is -2.10. The molecule has 0 aromatic heterocycles. The molecule has 0 aliphatic rings. The summed E-state index contributed by atoms with van der Waals surface area (Å²) < 4.78 is 10.1. The van der Waals surface area contributed by atoms with E-state index in [1.807, 2.05) is 0 Å². The van der Waals surface area contributed by atoms with Gasteiger partial charge in [-0.1, -0.05) is 6.07 Å². The molecule has 0 aliphatic carbocycles. The molecule has 0 saturated carbocycles. The van der Waals surface area contributed by atoms with Crippen molar-refractivity contribution in [2.24, 2.45) is 0 Å². The van der Waals surface area contributed by atoms with Crippen LogP contribution in [0.25, 0.3) is 0 Å². The average molecular weight is 241 g/mol. The molecule has 6 heteroatoms. The van der Waals surface area contributed by atoms with E-state index in [-0.39, 0.29) is 24.7 Å². The molecular weight excluding hydrogens is 226 g/mol. The maximum Gasteiger partial charge on any atom is 0.311 e. The molecule has 1 rings (SSSR count). The Morgan fingerprint density at radius 2 is 2.24 bits per heavy atom. The Hall–Kier alpha value is -1.66. The molecule has 0 fully saturated rings. The lowest BCUT2D eigenvalue weighted by molar-refractivity contribution is -0.385. The van der Waals surface area contributed by atoms with E-state index >= 15 is 0 Å². The molecule has 1 atom stereocenters. The summed E-state index contributed by atoms with van der Waals surface area (Å²) >= 11 is 0. The van der Waals surface area contributed by atoms with E-state index in [1.54, 1.807) is 13.0 Å². The monoisotopic (exact) mass is 241 g/mol. The highest BCUT2D eigenvalue weighted by Gasteiger charge is 2.15. The van der Waals surface area contributed by atoms with Crippen LogP contribution in [-0.2, 0) is 11.3 Å². The van der Waals surface area contributed by atoms with Gasteiger partial charge in [0.15, 0.2) is 5.75 Å². The van der Waals surface area contributed by atoms with Crippen LogP contribution in [0.1, 0.15) is 12.5 Å². The lowest BCUT2D eigenvalue weighted by Gasteiger charge is -2.07. The SMILES string of the molecule is COc1ccc(COC[C@@H](C)O)cc1[N+](=O)[O-]. The Kier molecular flexibility index (Phi) is 4.86. The summed E-state index contributed by atoms with van der Waals surface area (Å²) in [4.78, 5) is 10.3. The van der Waals surface area contributed by atoms with E-state index < -0.39 is 11.0 Å². The van der Waals surface area contributed by atoms with Crippen LogP contribution in [0.2, 0.25) is 0 Å². The zero-order valence-electron chi connectivity index (χ0n) is 9.75. The zero-order valence-corrected chi connectivity index (χ0v) is 9.75. The molecule has 0 unspecified atom stereocenters. The average Bonchev–Trinajstić information content (AvgIpc) is 2.28. The van der Waals surface area contributed by atoms with Gasteiger partial charge in [0, 0.05) is 6.07 Å². The highest BCUT2D eigenvalue weighted by Crippen LogP contribution is 2.27. The summed E-state index contributed by atoms with van der Waals surface area (Å²) in [7, 11) is 1.38. The topological polar surface area (TPSA) is 81.8 Å². The predicted octanol–water partition coefficient (Wildman–Crippen LogP) is 1.50. The van der Waals surface area contributed by atoms with Gasteiger partial charge in [0.05, 0.1) is 31.4 Å². The van der Waals surface area contributed by atoms with Crippen molar-refractivity contribution in [3.05, 3.63) is 33.9 Å². The van der Waals surface area contributed by atoms with Crippen molar-refractivity contribution in [1.29, 1.82) is 0 Å². The summed E-state index contributed by atoms with van der Waals surface area (Å²) in [5, 5.41) is 19.8. The molecule has 0 bridgehead atoms. The molecule has 17 heavy (non-hydrogen) atoms. The van der Waals surface area contributed by atoms with Crippen molar-refractivity contribution in [3.63, 3.8) is 0 Å². The minimum Gasteiger partial charge on any atom is -0.490 e. The normalized spacial score (nSPS) is 12.2. The van der Waals surface area contributed by atoms with E-state index in [0.717, 1.165) is 0 Å². The van der Waals surface area contributed by atoms with Crippen LogP contribution in [0.15, 0.2) is 18.2 Å². The highest BCUT2D eigenvalue weighted by molar-refractivity contribution is 5.48. The second-order valence-corrected chi connectivity index (χ2v) is 3.63. The van der Waals surface area contributed by atoms with Crippen molar-refractivity contribution >= 4 is 5.69 Å². The minimum atomic E-state index is -0.553. The molecule has 0 radical (unpaired) electrons. The number of benzene rings is 1. The molecule has 1 N–H and O–H groups in total. The molecule has 0 spiro atoms. The van der Waals surface area contributed by atoms with Gasteiger partial charge in [0.25, 0.3) is 0 Å². The molecule has 0 saturated heterocycles. The third-order valence-electron chi connectivity index (χ3n) is 2.07. The standard InChI is InChI=1S/C11H15NO5/c1-8(13)6-17-7-9-3-4-11(16-2)10(5-9)12(14)15/h3-5,8,13H,6-7H2,1-2H3/t8-/m1/s1. The number of aliphatic hydroxyl groups is 1. The van der Waals surface area contributed by atoms with Gasteiger partial charge in [0.1, 0.15) is 0 Å². The van der Waals surface area contributed by atoms with Gasteiger partial charge in [0.2, 0.25) is 0 Å². The molecule has 0 heterocycles. The molecule has 1 aromatic carbocycles. The Morgan fingerprint density at radius 3 is 2.76 bits per heavy atom. The van der Waals surface area contributed by atoms with Crippen molar-refractivity contribution < 1.29 is 19.5 Å². The van der Waals surface area contributed by atoms with Crippen LogP contribution >= 0.6 is 0 Å². The number of nitro benzene ring substituents is 1. The first-order chi connectivity index (χ1) is 8.04. The summed E-state index contributed by atoms with van der Waals surface area (Å²) in [5.74, 6) is 0.217. The number of hydrogen-bond acceptors (Lipinski definition) is 5. The smallest absolute Gasteiger partial charge is 0.311 e. The zero-order chi connectivity index (χ0) is 12.8. The van der Waals surface area contributed by atoms with Crippen LogP contribution in [-0.4, -0.2) is 29.9 Å².